The van der Waals surface area contributed by atoms with E-state index in [-0.39, 0.29) is 11.3 Å². The van der Waals surface area contributed by atoms with Crippen LogP contribution in [0.15, 0.2) is 79.0 Å². The van der Waals surface area contributed by atoms with Crippen LogP contribution in [0.1, 0.15) is 15.9 Å². The van der Waals surface area contributed by atoms with E-state index in [2.05, 4.69) is 15.5 Å². The highest BCUT2D eigenvalue weighted by molar-refractivity contribution is 5.99. The SMILES string of the molecule is COC(=O)c1ccc2nn(-c3ccccc3)c(Nc3ccc(C(F)(F)F)c(-c4ccn(C)n4)c3)c2c1. The van der Waals surface area contributed by atoms with Crippen molar-refractivity contribution in [2.24, 2.45) is 7.05 Å². The highest BCUT2D eigenvalue weighted by atomic mass is 19.4. The Balaban J connectivity index is 1.68. The van der Waals surface area contributed by atoms with Crippen LogP contribution in [0.25, 0.3) is 27.8 Å². The summed E-state index contributed by atoms with van der Waals surface area (Å²) in [5, 5.41) is 12.6. The van der Waals surface area contributed by atoms with Gasteiger partial charge in [0, 0.05) is 29.9 Å². The minimum atomic E-state index is -4.56. The number of nitrogens with zero attached hydrogens (tertiary/aromatic N) is 4. The fraction of sp³-hybridized carbons (Fsp3) is 0.115. The van der Waals surface area contributed by atoms with Gasteiger partial charge in [0.1, 0.15) is 5.82 Å². The zero-order chi connectivity index (χ0) is 25.4. The van der Waals surface area contributed by atoms with Crippen molar-refractivity contribution < 1.29 is 22.7 Å². The van der Waals surface area contributed by atoms with E-state index in [1.807, 2.05) is 30.3 Å². The molecule has 1 N–H and O–H groups in total. The van der Waals surface area contributed by atoms with Crippen LogP contribution in [0.4, 0.5) is 24.7 Å². The minimum absolute atomic E-state index is 0.0570. The maximum atomic E-state index is 13.8. The second kappa shape index (κ2) is 8.88. The van der Waals surface area contributed by atoms with Gasteiger partial charge in [-0.05, 0) is 54.6 Å². The predicted molar refractivity (Wildman–Crippen MR) is 129 cm³/mol. The van der Waals surface area contributed by atoms with E-state index in [0.29, 0.717) is 28.0 Å². The molecule has 0 aliphatic rings. The number of hydrogen-bond acceptors (Lipinski definition) is 5. The van der Waals surface area contributed by atoms with Crippen molar-refractivity contribution in [3.05, 3.63) is 90.1 Å². The number of carbonyl (C=O) groups is 1. The fourth-order valence-corrected chi connectivity index (χ4v) is 3.98. The van der Waals surface area contributed by atoms with E-state index < -0.39 is 17.7 Å². The Morgan fingerprint density at radius 3 is 2.42 bits per heavy atom. The van der Waals surface area contributed by atoms with Gasteiger partial charge in [-0.3, -0.25) is 4.68 Å². The first-order chi connectivity index (χ1) is 17.2. The first-order valence-corrected chi connectivity index (χ1v) is 10.9. The number of aryl methyl sites for hydroxylation is 1. The molecule has 0 amide bonds. The summed E-state index contributed by atoms with van der Waals surface area (Å²) < 4.78 is 49.3. The number of benzene rings is 3. The van der Waals surface area contributed by atoms with Gasteiger partial charge in [0.2, 0.25) is 0 Å². The molecule has 5 aromatic rings. The molecule has 7 nitrogen and oxygen atoms in total. The summed E-state index contributed by atoms with van der Waals surface area (Å²) in [5.74, 6) is -0.0315. The molecule has 0 bridgehead atoms. The smallest absolute Gasteiger partial charge is 0.417 e. The normalized spacial score (nSPS) is 11.6. The lowest BCUT2D eigenvalue weighted by Gasteiger charge is -2.15. The topological polar surface area (TPSA) is 74.0 Å². The Labute approximate surface area is 203 Å². The molecular formula is C26H20F3N5O2. The molecule has 0 unspecified atom stereocenters. The van der Waals surface area contributed by atoms with Crippen molar-refractivity contribution in [2.45, 2.75) is 6.18 Å². The average molecular weight is 491 g/mol. The molecule has 2 heterocycles. The summed E-state index contributed by atoms with van der Waals surface area (Å²) in [6, 6.07) is 19.5. The Morgan fingerprint density at radius 1 is 0.972 bits per heavy atom. The fourth-order valence-electron chi connectivity index (χ4n) is 3.98. The van der Waals surface area contributed by atoms with Crippen LogP contribution in [0.3, 0.4) is 0 Å². The highest BCUT2D eigenvalue weighted by Crippen LogP contribution is 2.39. The molecule has 0 saturated heterocycles. The average Bonchev–Trinajstić information content (AvgIpc) is 3.46. The molecule has 3 aromatic carbocycles. The quantitative estimate of drug-likeness (QED) is 0.307. The van der Waals surface area contributed by atoms with E-state index >= 15 is 0 Å². The molecular weight excluding hydrogens is 471 g/mol. The molecule has 0 atom stereocenters. The molecule has 0 aliphatic heterocycles. The molecule has 10 heteroatoms. The number of alkyl halides is 3. The zero-order valence-corrected chi connectivity index (χ0v) is 19.2. The van der Waals surface area contributed by atoms with Crippen LogP contribution >= 0.6 is 0 Å². The van der Waals surface area contributed by atoms with Crippen molar-refractivity contribution in [3.63, 3.8) is 0 Å². The second-order valence-corrected chi connectivity index (χ2v) is 8.08. The number of aromatic nitrogens is 4. The maximum Gasteiger partial charge on any atom is 0.417 e. The van der Waals surface area contributed by atoms with Crippen LogP contribution in [-0.2, 0) is 18.0 Å². The number of carbonyl (C=O) groups excluding carboxylic acids is 1. The van der Waals surface area contributed by atoms with Gasteiger partial charge in [0.15, 0.2) is 0 Å². The van der Waals surface area contributed by atoms with Crippen molar-refractivity contribution >= 4 is 28.4 Å². The van der Waals surface area contributed by atoms with Gasteiger partial charge in [0.05, 0.1) is 35.1 Å². The number of para-hydroxylation sites is 1. The van der Waals surface area contributed by atoms with Gasteiger partial charge in [-0.2, -0.15) is 23.4 Å². The second-order valence-electron chi connectivity index (χ2n) is 8.08. The number of rotatable bonds is 5. The molecule has 0 radical (unpaired) electrons. The number of anilines is 2. The lowest BCUT2D eigenvalue weighted by atomic mass is 10.0. The van der Waals surface area contributed by atoms with Crippen LogP contribution in [-0.4, -0.2) is 32.6 Å². The van der Waals surface area contributed by atoms with E-state index in [1.54, 1.807) is 36.1 Å². The van der Waals surface area contributed by atoms with Gasteiger partial charge >= 0.3 is 12.1 Å². The van der Waals surface area contributed by atoms with Crippen LogP contribution < -0.4 is 5.32 Å². The molecule has 0 aliphatic carbocycles. The first kappa shape index (κ1) is 23.2. The van der Waals surface area contributed by atoms with Gasteiger partial charge in [-0.1, -0.05) is 18.2 Å². The monoisotopic (exact) mass is 491 g/mol. The van der Waals surface area contributed by atoms with Gasteiger partial charge in [-0.25, -0.2) is 9.48 Å². The molecule has 0 spiro atoms. The third-order valence-electron chi connectivity index (χ3n) is 5.67. The third-order valence-corrected chi connectivity index (χ3v) is 5.67. The number of halogens is 3. The van der Waals surface area contributed by atoms with Crippen molar-refractivity contribution in [3.8, 4) is 16.9 Å². The molecule has 5 rings (SSSR count). The summed E-state index contributed by atoms with van der Waals surface area (Å²) in [6.07, 6.45) is -2.97. The number of fused-ring (bicyclic) bond motifs is 1. The van der Waals surface area contributed by atoms with Crippen LogP contribution in [0.2, 0.25) is 0 Å². The number of nitrogens with one attached hydrogen (secondary N) is 1. The third kappa shape index (κ3) is 4.28. The Morgan fingerprint density at radius 2 is 1.75 bits per heavy atom. The van der Waals surface area contributed by atoms with E-state index in [4.69, 9.17) is 4.74 Å². The van der Waals surface area contributed by atoms with E-state index in [0.717, 1.165) is 11.8 Å². The van der Waals surface area contributed by atoms with E-state index in [9.17, 15) is 18.0 Å². The summed E-state index contributed by atoms with van der Waals surface area (Å²) in [4.78, 5) is 12.2. The summed E-state index contributed by atoms with van der Waals surface area (Å²) in [7, 11) is 2.93. The van der Waals surface area contributed by atoms with Gasteiger partial charge < -0.3 is 10.1 Å². The van der Waals surface area contributed by atoms with Crippen LogP contribution in [0.5, 0.6) is 0 Å². The summed E-state index contributed by atoms with van der Waals surface area (Å²) in [6.45, 7) is 0. The van der Waals surface area contributed by atoms with Crippen molar-refractivity contribution in [1.29, 1.82) is 0 Å². The highest BCUT2D eigenvalue weighted by Gasteiger charge is 2.34. The van der Waals surface area contributed by atoms with Gasteiger partial charge in [-0.15, -0.1) is 0 Å². The minimum Gasteiger partial charge on any atom is -0.465 e. The zero-order valence-electron chi connectivity index (χ0n) is 19.2. The summed E-state index contributed by atoms with van der Waals surface area (Å²) in [5.41, 5.74) is 1.38. The number of methoxy groups -OCH3 is 1. The predicted octanol–water partition coefficient (Wildman–Crippen LogP) is 5.98. The molecule has 36 heavy (non-hydrogen) atoms. The lowest BCUT2D eigenvalue weighted by Crippen LogP contribution is -2.08. The Kier molecular flexibility index (Phi) is 5.71. The van der Waals surface area contributed by atoms with Gasteiger partial charge in [0.25, 0.3) is 0 Å². The first-order valence-electron chi connectivity index (χ1n) is 10.9. The molecule has 182 valence electrons. The molecule has 0 fully saturated rings. The molecule has 0 saturated carbocycles. The Bertz CT molecular complexity index is 1570. The number of hydrogen-bond donors (Lipinski definition) is 1. The Hall–Kier alpha value is -4.60. The summed E-state index contributed by atoms with van der Waals surface area (Å²) >= 11 is 0. The number of ether oxygens (including phenoxy) is 1. The maximum absolute atomic E-state index is 13.8. The van der Waals surface area contributed by atoms with Crippen molar-refractivity contribution in [2.75, 3.05) is 12.4 Å². The molecule has 2 aromatic heterocycles. The largest absolute Gasteiger partial charge is 0.465 e. The van der Waals surface area contributed by atoms with Crippen LogP contribution in [0, 0.1) is 0 Å². The standard InChI is InChI=1S/C26H20F3N5O2/c1-33-13-12-23(31-33)19-15-17(9-10-21(19)26(27,28)29)30-24-20-14-16(25(35)36-2)8-11-22(20)32-34(24)18-6-4-3-5-7-18/h3-15,30H,1-2H3. The lowest BCUT2D eigenvalue weighted by molar-refractivity contribution is -0.137. The number of esters is 1. The van der Waals surface area contributed by atoms with E-state index in [1.165, 1.54) is 30.0 Å². The van der Waals surface area contributed by atoms with Crippen molar-refractivity contribution in [1.82, 2.24) is 19.6 Å².